The predicted octanol–water partition coefficient (Wildman–Crippen LogP) is 3.86. The van der Waals surface area contributed by atoms with Crippen molar-refractivity contribution in [2.24, 2.45) is 17.8 Å². The Morgan fingerprint density at radius 3 is 2.00 bits per heavy atom. The quantitative estimate of drug-likeness (QED) is 0.626. The first-order valence-electron chi connectivity index (χ1n) is 10.7. The molecule has 0 atom stereocenters. The van der Waals surface area contributed by atoms with Crippen LogP contribution in [0.2, 0.25) is 0 Å². The van der Waals surface area contributed by atoms with E-state index in [1.807, 2.05) is 26.0 Å². The van der Waals surface area contributed by atoms with Crippen LogP contribution in [0.25, 0.3) is 0 Å². The van der Waals surface area contributed by atoms with Crippen LogP contribution in [-0.2, 0) is 14.4 Å². The monoisotopic (exact) mass is 393 g/mol. The second-order valence-corrected chi connectivity index (χ2v) is 8.66. The van der Waals surface area contributed by atoms with Gasteiger partial charge < -0.3 is 5.32 Å². The summed E-state index contributed by atoms with van der Waals surface area (Å²) in [5.74, 6) is 6.13. The number of carbonyl (C=O) groups excluding carboxylic acids is 3. The van der Waals surface area contributed by atoms with Crippen molar-refractivity contribution in [2.75, 3.05) is 7.05 Å². The van der Waals surface area contributed by atoms with Crippen molar-refractivity contribution < 1.29 is 14.4 Å². The number of benzene rings is 1. The number of amides is 1. The molecule has 4 nitrogen and oxygen atoms in total. The summed E-state index contributed by atoms with van der Waals surface area (Å²) in [7, 11) is 1.68. The van der Waals surface area contributed by atoms with Gasteiger partial charge in [0.1, 0.15) is 17.5 Å². The number of Topliss-reactive ketones (excluding diaryl/α,β-unsaturated/α-hetero) is 2. The highest BCUT2D eigenvalue weighted by atomic mass is 16.2. The van der Waals surface area contributed by atoms with Crippen LogP contribution < -0.4 is 5.32 Å². The highest BCUT2D eigenvalue weighted by Gasteiger charge is 2.41. The zero-order chi connectivity index (χ0) is 21.1. The van der Waals surface area contributed by atoms with E-state index >= 15 is 0 Å². The average molecular weight is 394 g/mol. The first-order valence-corrected chi connectivity index (χ1v) is 10.7. The molecule has 1 N–H and O–H groups in total. The van der Waals surface area contributed by atoms with E-state index < -0.39 is 5.92 Å². The largest absolute Gasteiger partial charge is 0.359 e. The smallest absolute Gasteiger partial charge is 0.222 e. The minimum atomic E-state index is -0.628. The summed E-state index contributed by atoms with van der Waals surface area (Å²) in [6.07, 6.45) is 4.50. The summed E-state index contributed by atoms with van der Waals surface area (Å²) in [4.78, 5) is 38.0. The lowest BCUT2D eigenvalue weighted by atomic mass is 9.66. The van der Waals surface area contributed by atoms with Gasteiger partial charge in [0, 0.05) is 31.4 Å². The van der Waals surface area contributed by atoms with Gasteiger partial charge in [-0.05, 0) is 87.1 Å². The summed E-state index contributed by atoms with van der Waals surface area (Å²) in [6.45, 7) is 5.74. The van der Waals surface area contributed by atoms with Gasteiger partial charge >= 0.3 is 0 Å². The Bertz CT molecular complexity index is 840. The Labute approximate surface area is 173 Å². The lowest BCUT2D eigenvalue weighted by molar-refractivity contribution is -0.135. The van der Waals surface area contributed by atoms with Gasteiger partial charge in [-0.25, -0.2) is 0 Å². The Kier molecular flexibility index (Phi) is 6.57. The molecule has 1 amide bonds. The summed E-state index contributed by atoms with van der Waals surface area (Å²) >= 11 is 0. The number of ketones is 2. The van der Waals surface area contributed by atoms with E-state index in [0.29, 0.717) is 18.8 Å². The highest BCUT2D eigenvalue weighted by molar-refractivity contribution is 6.10. The summed E-state index contributed by atoms with van der Waals surface area (Å²) in [5, 5.41) is 2.73. The molecule has 2 aliphatic rings. The third-order valence-electron chi connectivity index (χ3n) is 6.78. The van der Waals surface area contributed by atoms with Crippen molar-refractivity contribution in [1.29, 1.82) is 0 Å². The number of hydrogen-bond donors (Lipinski definition) is 1. The van der Waals surface area contributed by atoms with E-state index in [4.69, 9.17) is 0 Å². The van der Waals surface area contributed by atoms with Gasteiger partial charge in [-0.15, -0.1) is 5.92 Å². The fraction of sp³-hybridized carbons (Fsp3) is 0.560. The van der Waals surface area contributed by atoms with Crippen molar-refractivity contribution in [3.63, 3.8) is 0 Å². The van der Waals surface area contributed by atoms with Gasteiger partial charge in [-0.1, -0.05) is 5.92 Å². The number of nitrogens with one attached hydrogen (secondary N) is 1. The third kappa shape index (κ3) is 4.45. The molecule has 29 heavy (non-hydrogen) atoms. The molecule has 0 aromatic heterocycles. The number of carbonyl (C=O) groups is 3. The Hall–Kier alpha value is -2.41. The SMILES string of the molecule is CC#Cc1cc(C)c(C2C(=O)CC(C3CCC(C(=O)NC)CC3)CC2=O)c(C)c1. The van der Waals surface area contributed by atoms with Gasteiger partial charge in [-0.2, -0.15) is 0 Å². The maximum Gasteiger partial charge on any atom is 0.222 e. The maximum atomic E-state index is 13.1. The number of aryl methyl sites for hydroxylation is 2. The first-order chi connectivity index (χ1) is 13.8. The van der Waals surface area contributed by atoms with Crippen molar-refractivity contribution in [2.45, 2.75) is 65.2 Å². The second kappa shape index (κ2) is 8.95. The van der Waals surface area contributed by atoms with Crippen LogP contribution in [0.4, 0.5) is 0 Å². The van der Waals surface area contributed by atoms with Crippen molar-refractivity contribution in [3.8, 4) is 11.8 Å². The highest BCUT2D eigenvalue weighted by Crippen LogP contribution is 2.42. The molecule has 154 valence electrons. The molecule has 0 aliphatic heterocycles. The molecule has 2 aliphatic carbocycles. The molecule has 4 heteroatoms. The van der Waals surface area contributed by atoms with Crippen molar-refractivity contribution in [1.82, 2.24) is 5.32 Å². The van der Waals surface area contributed by atoms with E-state index in [1.54, 1.807) is 14.0 Å². The molecule has 2 fully saturated rings. The zero-order valence-electron chi connectivity index (χ0n) is 17.9. The van der Waals surface area contributed by atoms with Gasteiger partial charge in [0.2, 0.25) is 5.91 Å². The molecule has 2 saturated carbocycles. The van der Waals surface area contributed by atoms with Crippen LogP contribution in [0.15, 0.2) is 12.1 Å². The lowest BCUT2D eigenvalue weighted by Crippen LogP contribution is -2.38. The Balaban J connectivity index is 1.73. The summed E-state index contributed by atoms with van der Waals surface area (Å²) < 4.78 is 0. The molecule has 0 saturated heterocycles. The molecule has 0 radical (unpaired) electrons. The molecule has 1 aromatic rings. The average Bonchev–Trinajstić information content (AvgIpc) is 2.69. The molecular weight excluding hydrogens is 362 g/mol. The Morgan fingerprint density at radius 1 is 0.966 bits per heavy atom. The number of rotatable bonds is 3. The second-order valence-electron chi connectivity index (χ2n) is 8.66. The first kappa shape index (κ1) is 21.3. The van der Waals surface area contributed by atoms with Gasteiger partial charge in [0.25, 0.3) is 0 Å². The van der Waals surface area contributed by atoms with E-state index in [0.717, 1.165) is 47.9 Å². The van der Waals surface area contributed by atoms with E-state index in [2.05, 4.69) is 17.2 Å². The zero-order valence-corrected chi connectivity index (χ0v) is 17.9. The van der Waals surface area contributed by atoms with E-state index in [9.17, 15) is 14.4 Å². The number of hydrogen-bond acceptors (Lipinski definition) is 3. The molecule has 0 unspecified atom stereocenters. The van der Waals surface area contributed by atoms with Gasteiger partial charge in [-0.3, -0.25) is 14.4 Å². The van der Waals surface area contributed by atoms with Crippen LogP contribution in [0.5, 0.6) is 0 Å². The summed E-state index contributed by atoms with van der Waals surface area (Å²) in [6, 6.07) is 3.96. The predicted molar refractivity (Wildman–Crippen MR) is 113 cm³/mol. The Morgan fingerprint density at radius 2 is 1.52 bits per heavy atom. The summed E-state index contributed by atoms with van der Waals surface area (Å²) in [5.41, 5.74) is 3.74. The fourth-order valence-corrected chi connectivity index (χ4v) is 5.36. The minimum absolute atomic E-state index is 0.0557. The molecule has 0 spiro atoms. The van der Waals surface area contributed by atoms with Crippen LogP contribution in [0.3, 0.4) is 0 Å². The molecule has 0 bridgehead atoms. The van der Waals surface area contributed by atoms with Crippen LogP contribution >= 0.6 is 0 Å². The van der Waals surface area contributed by atoms with E-state index in [1.165, 1.54) is 0 Å². The van der Waals surface area contributed by atoms with Crippen LogP contribution in [0.1, 0.15) is 73.6 Å². The molecule has 0 heterocycles. The van der Waals surface area contributed by atoms with Crippen molar-refractivity contribution in [3.05, 3.63) is 34.4 Å². The van der Waals surface area contributed by atoms with Crippen LogP contribution in [0, 0.1) is 43.4 Å². The van der Waals surface area contributed by atoms with Gasteiger partial charge in [0.05, 0.1) is 0 Å². The molecule has 1 aromatic carbocycles. The maximum absolute atomic E-state index is 13.1. The van der Waals surface area contributed by atoms with E-state index in [-0.39, 0.29) is 29.3 Å². The molecular formula is C25H31NO3. The van der Waals surface area contributed by atoms with Crippen molar-refractivity contribution >= 4 is 17.5 Å². The molecule has 3 rings (SSSR count). The standard InChI is InChI=1S/C25H31NO3/c1-5-6-17-11-15(2)23(16(3)12-17)24-21(27)13-20(14-22(24)28)18-7-9-19(10-8-18)25(29)26-4/h11-12,18-20,24H,7-10,13-14H2,1-4H3,(H,26,29). The fourth-order valence-electron chi connectivity index (χ4n) is 5.36. The normalized spacial score (nSPS) is 27.2. The lowest BCUT2D eigenvalue weighted by Gasteiger charge is -2.36. The topological polar surface area (TPSA) is 63.2 Å². The minimum Gasteiger partial charge on any atom is -0.359 e. The third-order valence-corrected chi connectivity index (χ3v) is 6.78. The van der Waals surface area contributed by atoms with Gasteiger partial charge in [0.15, 0.2) is 0 Å². The van der Waals surface area contributed by atoms with Crippen LogP contribution in [-0.4, -0.2) is 24.5 Å².